The quantitative estimate of drug-likeness (QED) is 0.661. The number of aryl methyl sites for hydroxylation is 1. The molecule has 2 atom stereocenters. The molecule has 1 aromatic carbocycles. The largest absolute Gasteiger partial charge is 0.340 e. The van der Waals surface area contributed by atoms with Gasteiger partial charge in [-0.3, -0.25) is 9.69 Å². The minimum absolute atomic E-state index is 0. The predicted octanol–water partition coefficient (Wildman–Crippen LogP) is 2.36. The summed E-state index contributed by atoms with van der Waals surface area (Å²) < 4.78 is 15.6. The van der Waals surface area contributed by atoms with Gasteiger partial charge in [-0.05, 0) is 18.6 Å². The summed E-state index contributed by atoms with van der Waals surface area (Å²) in [5, 5.41) is 3.45. The van der Waals surface area contributed by atoms with Crippen molar-refractivity contribution in [3.05, 3.63) is 24.0 Å². The number of carbonyl (C=O) groups is 1. The van der Waals surface area contributed by atoms with Crippen LogP contribution in [-0.2, 0) is 11.8 Å². The van der Waals surface area contributed by atoms with Crippen molar-refractivity contribution < 1.29 is 9.18 Å². The molecule has 4 heterocycles. The molecule has 0 spiro atoms. The highest BCUT2D eigenvalue weighted by Gasteiger charge is 2.37. The molecule has 3 aliphatic rings. The lowest BCUT2D eigenvalue weighted by atomic mass is 10.1. The fourth-order valence-electron chi connectivity index (χ4n) is 4.72. The fraction of sp³-hybridized carbons (Fsp3) is 0.600. The first-order valence-electron chi connectivity index (χ1n) is 10.3. The van der Waals surface area contributed by atoms with Gasteiger partial charge in [-0.2, -0.15) is 0 Å². The summed E-state index contributed by atoms with van der Waals surface area (Å²) >= 11 is 1.83. The van der Waals surface area contributed by atoms with Crippen molar-refractivity contribution in [2.24, 2.45) is 7.05 Å². The number of rotatable bonds is 3. The minimum Gasteiger partial charge on any atom is -0.340 e. The molecule has 1 amide bonds. The molecular formula is C20H30Cl3FN6OS. The van der Waals surface area contributed by atoms with Gasteiger partial charge in [0.2, 0.25) is 11.9 Å². The van der Waals surface area contributed by atoms with Crippen molar-refractivity contribution in [1.29, 1.82) is 0 Å². The van der Waals surface area contributed by atoms with Crippen LogP contribution in [0.15, 0.2) is 18.2 Å². The number of thioether (sulfide) groups is 1. The Bertz CT molecular complexity index is 920. The second-order valence-corrected chi connectivity index (χ2v) is 9.19. The molecular weight excluding hydrogens is 498 g/mol. The monoisotopic (exact) mass is 526 g/mol. The van der Waals surface area contributed by atoms with Crippen LogP contribution >= 0.6 is 49.0 Å². The Morgan fingerprint density at radius 3 is 2.59 bits per heavy atom. The normalized spacial score (nSPS) is 23.6. The first-order valence-corrected chi connectivity index (χ1v) is 11.5. The van der Waals surface area contributed by atoms with Crippen LogP contribution in [0.25, 0.3) is 11.0 Å². The highest BCUT2D eigenvalue weighted by Crippen LogP contribution is 2.25. The highest BCUT2D eigenvalue weighted by atomic mass is 35.5. The topological polar surface area (TPSA) is 56.6 Å². The number of hydrogen-bond donors (Lipinski definition) is 1. The van der Waals surface area contributed by atoms with Gasteiger partial charge in [0, 0.05) is 64.2 Å². The number of carbonyl (C=O) groups excluding carboxylic acids is 1. The zero-order chi connectivity index (χ0) is 20.0. The van der Waals surface area contributed by atoms with Gasteiger partial charge in [0.25, 0.3) is 0 Å². The van der Waals surface area contributed by atoms with Crippen LogP contribution in [0.2, 0.25) is 0 Å². The summed E-state index contributed by atoms with van der Waals surface area (Å²) in [6.45, 7) is 5.43. The van der Waals surface area contributed by atoms with E-state index in [1.54, 1.807) is 6.07 Å². The number of amides is 1. The first kappa shape index (κ1) is 27.3. The number of hydrogen-bond acceptors (Lipinski definition) is 6. The number of halogens is 4. The second-order valence-electron chi connectivity index (χ2n) is 8.12. The molecule has 7 nitrogen and oxygen atoms in total. The Kier molecular flexibility index (Phi) is 9.75. The Morgan fingerprint density at radius 1 is 1.16 bits per heavy atom. The number of aromatic nitrogens is 2. The fourth-order valence-corrected chi connectivity index (χ4v) is 5.68. The molecule has 3 fully saturated rings. The number of imidazole rings is 1. The number of nitrogens with zero attached hydrogens (tertiary/aromatic N) is 5. The maximum atomic E-state index is 13.5. The number of anilines is 1. The van der Waals surface area contributed by atoms with E-state index < -0.39 is 0 Å². The van der Waals surface area contributed by atoms with Gasteiger partial charge >= 0.3 is 0 Å². The lowest BCUT2D eigenvalue weighted by Crippen LogP contribution is -2.51. The van der Waals surface area contributed by atoms with Crippen LogP contribution in [0.1, 0.15) is 6.42 Å². The van der Waals surface area contributed by atoms with E-state index in [0.29, 0.717) is 11.6 Å². The third-order valence-corrected chi connectivity index (χ3v) is 7.37. The maximum Gasteiger partial charge on any atom is 0.240 e. The molecule has 1 N–H and O–H groups in total. The van der Waals surface area contributed by atoms with Crippen molar-refractivity contribution >= 4 is 71.9 Å². The molecule has 3 aliphatic heterocycles. The van der Waals surface area contributed by atoms with E-state index in [2.05, 4.69) is 20.1 Å². The van der Waals surface area contributed by atoms with Gasteiger partial charge in [-0.15, -0.1) is 49.0 Å². The molecule has 5 rings (SSSR count). The minimum atomic E-state index is -0.252. The third kappa shape index (κ3) is 5.23. The van der Waals surface area contributed by atoms with E-state index in [-0.39, 0.29) is 55.0 Å². The van der Waals surface area contributed by atoms with E-state index in [1.165, 1.54) is 12.1 Å². The standard InChI is InChI=1S/C20H27FN6OS.3ClH/c1-24-18-3-2-14(21)10-16(18)23-20(24)26-6-4-25(5-7-26)15-11-17(22-12-15)19(28)27-8-9-29-13-27;;;/h2-3,10,15,17,22H,4-9,11-13H2,1H3;3*1H/t15-,17-;;;/m0.../s1. The number of fused-ring (bicyclic) bond motifs is 1. The lowest BCUT2D eigenvalue weighted by molar-refractivity contribution is -0.131. The zero-order valence-electron chi connectivity index (χ0n) is 17.9. The van der Waals surface area contributed by atoms with Crippen LogP contribution in [0.4, 0.5) is 10.3 Å². The van der Waals surface area contributed by atoms with Crippen LogP contribution in [-0.4, -0.2) is 88.2 Å². The molecule has 0 bridgehead atoms. The van der Waals surface area contributed by atoms with Gasteiger partial charge in [0.05, 0.1) is 23.0 Å². The Balaban J connectivity index is 0.00000121. The van der Waals surface area contributed by atoms with Crippen LogP contribution in [0.5, 0.6) is 0 Å². The highest BCUT2D eigenvalue weighted by molar-refractivity contribution is 7.99. The van der Waals surface area contributed by atoms with Crippen LogP contribution < -0.4 is 10.2 Å². The maximum absolute atomic E-state index is 13.5. The smallest absolute Gasteiger partial charge is 0.240 e. The summed E-state index contributed by atoms with van der Waals surface area (Å²) in [4.78, 5) is 24.1. The second kappa shape index (κ2) is 11.4. The summed E-state index contributed by atoms with van der Waals surface area (Å²) in [7, 11) is 1.99. The number of piperazine rings is 1. The van der Waals surface area contributed by atoms with E-state index in [1.807, 2.05) is 28.3 Å². The summed E-state index contributed by atoms with van der Waals surface area (Å²) in [5.74, 6) is 2.80. The molecule has 12 heteroatoms. The van der Waals surface area contributed by atoms with E-state index in [9.17, 15) is 9.18 Å². The van der Waals surface area contributed by atoms with E-state index >= 15 is 0 Å². The van der Waals surface area contributed by atoms with Crippen LogP contribution in [0, 0.1) is 5.82 Å². The molecule has 0 radical (unpaired) electrons. The average molecular weight is 528 g/mol. The predicted molar refractivity (Wildman–Crippen MR) is 135 cm³/mol. The molecule has 180 valence electrons. The molecule has 0 unspecified atom stereocenters. The van der Waals surface area contributed by atoms with Gasteiger partial charge in [-0.1, -0.05) is 0 Å². The Labute approximate surface area is 210 Å². The summed E-state index contributed by atoms with van der Waals surface area (Å²) in [6, 6.07) is 5.15. The van der Waals surface area contributed by atoms with Gasteiger partial charge < -0.3 is 19.7 Å². The molecule has 2 aromatic rings. The van der Waals surface area contributed by atoms with Crippen molar-refractivity contribution in [2.75, 3.05) is 55.8 Å². The number of nitrogens with one attached hydrogen (secondary N) is 1. The molecule has 32 heavy (non-hydrogen) atoms. The summed E-state index contributed by atoms with van der Waals surface area (Å²) in [5.41, 5.74) is 1.65. The van der Waals surface area contributed by atoms with Crippen molar-refractivity contribution in [1.82, 2.24) is 24.7 Å². The summed E-state index contributed by atoms with van der Waals surface area (Å²) in [6.07, 6.45) is 0.894. The van der Waals surface area contributed by atoms with Crippen LogP contribution in [0.3, 0.4) is 0 Å². The first-order chi connectivity index (χ1) is 14.1. The van der Waals surface area contributed by atoms with Gasteiger partial charge in [0.1, 0.15) is 5.82 Å². The number of benzene rings is 1. The molecule has 3 saturated heterocycles. The SMILES string of the molecule is Cl.Cl.Cl.Cn1c(N2CCN([C@@H]3CN[C@H](C(=O)N4CCSC4)C3)CC2)nc2cc(F)ccc21. The third-order valence-electron chi connectivity index (χ3n) is 6.40. The molecule has 1 aromatic heterocycles. The van der Waals surface area contributed by atoms with Crippen molar-refractivity contribution in [2.45, 2.75) is 18.5 Å². The van der Waals surface area contributed by atoms with E-state index in [4.69, 9.17) is 0 Å². The zero-order valence-corrected chi connectivity index (χ0v) is 21.2. The van der Waals surface area contributed by atoms with Gasteiger partial charge in [-0.25, -0.2) is 9.37 Å². The average Bonchev–Trinajstić information content (AvgIpc) is 3.48. The Morgan fingerprint density at radius 2 is 1.91 bits per heavy atom. The lowest BCUT2D eigenvalue weighted by Gasteiger charge is -2.38. The van der Waals surface area contributed by atoms with Crippen molar-refractivity contribution in [3.8, 4) is 0 Å². The molecule has 0 aliphatic carbocycles. The van der Waals surface area contributed by atoms with E-state index in [0.717, 1.165) is 68.8 Å². The molecule has 0 saturated carbocycles. The Hall–Kier alpha value is -0.970. The van der Waals surface area contributed by atoms with Gasteiger partial charge in [0.15, 0.2) is 0 Å². The van der Waals surface area contributed by atoms with Crippen molar-refractivity contribution in [3.63, 3.8) is 0 Å².